The maximum Gasteiger partial charge on any atom is 0.416 e. The second-order valence-electron chi connectivity index (χ2n) is 6.65. The largest absolute Gasteiger partial charge is 0.442 e. The summed E-state index contributed by atoms with van der Waals surface area (Å²) in [5, 5.41) is 0. The van der Waals surface area contributed by atoms with Crippen molar-refractivity contribution in [1.82, 2.24) is 0 Å². The number of carbonyl (C=O) groups is 1. The molecule has 6 nitrogen and oxygen atoms in total. The monoisotopic (exact) mass is 484 g/mol. The molecule has 0 aliphatic rings. The Morgan fingerprint density at radius 1 is 1.00 bits per heavy atom. The van der Waals surface area contributed by atoms with Crippen LogP contribution in [0.2, 0.25) is 0 Å². The Balaban J connectivity index is 2.54. The summed E-state index contributed by atoms with van der Waals surface area (Å²) in [5.74, 6) is -2.80. The Bertz CT molecular complexity index is 977. The maximum atomic E-state index is 13.6. The molecule has 10 heteroatoms. The second-order valence-corrected chi connectivity index (χ2v) is 8.71. The van der Waals surface area contributed by atoms with Gasteiger partial charge in [-0.3, -0.25) is 4.57 Å². The molecule has 0 N–H and O–H groups in total. The fraction of sp³-hybridized carbons (Fsp3) is 0.261. The van der Waals surface area contributed by atoms with E-state index in [1.165, 1.54) is 25.3 Å². The molecule has 2 atom stereocenters. The van der Waals surface area contributed by atoms with Gasteiger partial charge in [0.1, 0.15) is 0 Å². The van der Waals surface area contributed by atoms with E-state index in [0.29, 0.717) is 5.56 Å². The number of benzene rings is 2. The Morgan fingerprint density at radius 3 is 2.09 bits per heavy atom. The molecule has 0 radical (unpaired) electrons. The van der Waals surface area contributed by atoms with Gasteiger partial charge in [-0.15, -0.1) is 13.2 Å². The highest BCUT2D eigenvalue weighted by molar-refractivity contribution is 7.54. The van der Waals surface area contributed by atoms with Crippen molar-refractivity contribution in [3.8, 4) is 0 Å². The van der Waals surface area contributed by atoms with E-state index in [0.717, 1.165) is 18.2 Å². The summed E-state index contributed by atoms with van der Waals surface area (Å²) in [5.41, 5.74) is -0.814. The van der Waals surface area contributed by atoms with Crippen molar-refractivity contribution in [3.63, 3.8) is 0 Å². The van der Waals surface area contributed by atoms with E-state index in [4.69, 9.17) is 18.5 Å². The first-order valence-electron chi connectivity index (χ1n) is 9.72. The predicted octanol–water partition coefficient (Wildman–Crippen LogP) is 6.23. The lowest BCUT2D eigenvalue weighted by Crippen LogP contribution is -2.22. The van der Waals surface area contributed by atoms with Crippen LogP contribution in [0.15, 0.2) is 79.9 Å². The van der Waals surface area contributed by atoms with Crippen LogP contribution in [0, 0.1) is 0 Å². The quantitative estimate of drug-likeness (QED) is 0.202. The van der Waals surface area contributed by atoms with Crippen molar-refractivity contribution < 1.29 is 41.1 Å². The number of methoxy groups -OCH3 is 1. The van der Waals surface area contributed by atoms with Crippen molar-refractivity contribution in [1.29, 1.82) is 0 Å². The van der Waals surface area contributed by atoms with Crippen LogP contribution < -0.4 is 0 Å². The van der Waals surface area contributed by atoms with Gasteiger partial charge in [-0.05, 0) is 17.7 Å². The molecule has 178 valence electrons. The van der Waals surface area contributed by atoms with Gasteiger partial charge in [0.15, 0.2) is 6.10 Å². The van der Waals surface area contributed by atoms with Crippen LogP contribution >= 0.6 is 7.60 Å². The van der Waals surface area contributed by atoms with Gasteiger partial charge in [0, 0.05) is 12.7 Å². The Labute approximate surface area is 190 Å². The average Bonchev–Trinajstić information content (AvgIpc) is 2.80. The summed E-state index contributed by atoms with van der Waals surface area (Å²) in [6, 6.07) is 12.2. The number of alkyl halides is 3. The molecule has 2 rings (SSSR count). The molecule has 0 unspecified atom stereocenters. The molecule has 2 aromatic carbocycles. The molecule has 0 spiro atoms. The predicted molar refractivity (Wildman–Crippen MR) is 116 cm³/mol. The van der Waals surface area contributed by atoms with E-state index in [-0.39, 0.29) is 18.8 Å². The lowest BCUT2D eigenvalue weighted by molar-refractivity contribution is -0.159. The minimum Gasteiger partial charge on any atom is -0.442 e. The molecule has 0 saturated carbocycles. The highest BCUT2D eigenvalue weighted by Crippen LogP contribution is 2.62. The van der Waals surface area contributed by atoms with Gasteiger partial charge in [0.25, 0.3) is 0 Å². The van der Waals surface area contributed by atoms with Crippen LogP contribution in [0.25, 0.3) is 0 Å². The van der Waals surface area contributed by atoms with E-state index in [2.05, 4.69) is 13.2 Å². The van der Waals surface area contributed by atoms with Gasteiger partial charge in [-0.2, -0.15) is 13.2 Å². The van der Waals surface area contributed by atoms with Crippen molar-refractivity contribution in [2.45, 2.75) is 18.1 Å². The Kier molecular flexibility index (Phi) is 9.61. The first-order valence-corrected chi connectivity index (χ1v) is 11.3. The fourth-order valence-electron chi connectivity index (χ4n) is 2.84. The summed E-state index contributed by atoms with van der Waals surface area (Å²) in [6.45, 7) is 6.39. The minimum absolute atomic E-state index is 0.224. The van der Waals surface area contributed by atoms with Crippen molar-refractivity contribution in [2.75, 3.05) is 20.3 Å². The van der Waals surface area contributed by atoms with E-state index in [1.807, 2.05) is 0 Å². The lowest BCUT2D eigenvalue weighted by Gasteiger charge is -2.28. The summed E-state index contributed by atoms with van der Waals surface area (Å²) in [7, 11) is -3.10. The molecule has 0 aromatic heterocycles. The third-order valence-corrected chi connectivity index (χ3v) is 6.31. The first kappa shape index (κ1) is 26.5. The van der Waals surface area contributed by atoms with Crippen LogP contribution in [0.5, 0.6) is 0 Å². The van der Waals surface area contributed by atoms with Gasteiger partial charge in [0.2, 0.25) is 5.85 Å². The highest BCUT2D eigenvalue weighted by Gasteiger charge is 2.43. The van der Waals surface area contributed by atoms with Crippen molar-refractivity contribution in [2.24, 2.45) is 0 Å². The molecule has 33 heavy (non-hydrogen) atoms. The molecule has 2 aromatic rings. The molecule has 0 aliphatic carbocycles. The summed E-state index contributed by atoms with van der Waals surface area (Å²) < 4.78 is 74.9. The third-order valence-electron chi connectivity index (χ3n) is 4.31. The summed E-state index contributed by atoms with van der Waals surface area (Å²) >= 11 is 0. The number of rotatable bonds is 12. The van der Waals surface area contributed by atoms with Gasteiger partial charge in [-0.1, -0.05) is 54.6 Å². The SMILES string of the molecule is C=CCOP(=O)(OCC=C)[C@@H](OC(=O)[C@@H](OC)c1ccccc1)c1cccc(C(F)(F)F)c1. The molecule has 0 aliphatic heterocycles. The van der Waals surface area contributed by atoms with Gasteiger partial charge < -0.3 is 18.5 Å². The van der Waals surface area contributed by atoms with E-state index in [1.54, 1.807) is 30.3 Å². The number of halogens is 3. The zero-order valence-electron chi connectivity index (χ0n) is 17.9. The smallest absolute Gasteiger partial charge is 0.416 e. The molecular weight excluding hydrogens is 460 g/mol. The van der Waals surface area contributed by atoms with Crippen molar-refractivity contribution in [3.05, 3.63) is 96.6 Å². The highest BCUT2D eigenvalue weighted by atomic mass is 31.2. The third kappa shape index (κ3) is 7.14. The van der Waals surface area contributed by atoms with Crippen LogP contribution in [-0.2, 0) is 34.1 Å². The maximum absolute atomic E-state index is 13.6. The number of carbonyl (C=O) groups excluding carboxylic acids is 1. The van der Waals surface area contributed by atoms with E-state index in [9.17, 15) is 22.5 Å². The number of hydrogen-bond donors (Lipinski definition) is 0. The molecule has 0 fully saturated rings. The van der Waals surface area contributed by atoms with Crippen LogP contribution in [-0.4, -0.2) is 26.3 Å². The number of hydrogen-bond acceptors (Lipinski definition) is 6. The van der Waals surface area contributed by atoms with Crippen LogP contribution in [0.4, 0.5) is 13.2 Å². The summed E-state index contributed by atoms with van der Waals surface area (Å²) in [6.07, 6.45) is -3.36. The van der Waals surface area contributed by atoms with E-state index < -0.39 is 37.3 Å². The first-order chi connectivity index (χ1) is 15.7. The normalized spacial score (nSPS) is 13.7. The van der Waals surface area contributed by atoms with Gasteiger partial charge in [0.05, 0.1) is 18.8 Å². The van der Waals surface area contributed by atoms with Crippen molar-refractivity contribution >= 4 is 13.6 Å². The zero-order chi connectivity index (χ0) is 24.5. The fourth-order valence-corrected chi connectivity index (χ4v) is 4.57. The topological polar surface area (TPSA) is 71.1 Å². The number of ether oxygens (including phenoxy) is 2. The molecule has 0 amide bonds. The van der Waals surface area contributed by atoms with Gasteiger partial charge in [-0.25, -0.2) is 4.79 Å². The molecular formula is C23H24F3O6P. The standard InChI is InChI=1S/C23H24F3O6P/c1-4-14-30-33(28,31-15-5-2)22(18-12-9-13-19(16-18)23(24,25)26)32-21(27)20(29-3)17-10-7-6-8-11-17/h4-13,16,20,22H,1-2,14-15H2,3H3/t20-,22+/m0/s1. The Hall–Kier alpha value is -2.71. The van der Waals surface area contributed by atoms with E-state index >= 15 is 0 Å². The van der Waals surface area contributed by atoms with Crippen LogP contribution in [0.1, 0.15) is 28.6 Å². The zero-order valence-corrected chi connectivity index (χ0v) is 18.8. The number of esters is 1. The molecule has 0 saturated heterocycles. The average molecular weight is 484 g/mol. The lowest BCUT2D eigenvalue weighted by atomic mass is 10.1. The van der Waals surface area contributed by atoms with Gasteiger partial charge >= 0.3 is 19.7 Å². The minimum atomic E-state index is -4.68. The second kappa shape index (κ2) is 12.0. The Morgan fingerprint density at radius 2 is 1.58 bits per heavy atom. The molecule has 0 heterocycles. The summed E-state index contributed by atoms with van der Waals surface area (Å²) in [4.78, 5) is 13.0. The molecule has 0 bridgehead atoms. The van der Waals surface area contributed by atoms with Crippen LogP contribution in [0.3, 0.4) is 0 Å².